The fourth-order valence-electron chi connectivity index (χ4n) is 2.50. The first kappa shape index (κ1) is 16.8. The first-order valence-electron chi connectivity index (χ1n) is 8.13. The summed E-state index contributed by atoms with van der Waals surface area (Å²) in [5.74, 6) is 0.988. The van der Waals surface area contributed by atoms with Crippen LogP contribution in [0.5, 0.6) is 5.75 Å². The van der Waals surface area contributed by atoms with Gasteiger partial charge in [-0.05, 0) is 31.0 Å². The largest absolute Gasteiger partial charge is 0.494 e. The zero-order valence-corrected chi connectivity index (χ0v) is 13.4. The van der Waals surface area contributed by atoms with E-state index in [1.54, 1.807) is 0 Å². The molecule has 0 saturated carbocycles. The van der Waals surface area contributed by atoms with E-state index in [0.29, 0.717) is 13.0 Å². The normalized spacial score (nSPS) is 15.5. The van der Waals surface area contributed by atoms with Crippen molar-refractivity contribution in [3.8, 4) is 5.75 Å². The van der Waals surface area contributed by atoms with Crippen LogP contribution in [0, 0.1) is 6.92 Å². The second-order valence-electron chi connectivity index (χ2n) is 5.71. The molecule has 1 fully saturated rings. The summed E-state index contributed by atoms with van der Waals surface area (Å²) in [5, 5.41) is 6.30. The van der Waals surface area contributed by atoms with Crippen LogP contribution in [-0.4, -0.2) is 56.7 Å². The van der Waals surface area contributed by atoms with Gasteiger partial charge in [0.1, 0.15) is 5.75 Å². The minimum Gasteiger partial charge on any atom is -0.494 e. The quantitative estimate of drug-likeness (QED) is 0.708. The molecule has 1 saturated heterocycles. The number of carbonyl (C=O) groups excluding carboxylic acids is 1. The average molecular weight is 305 g/mol. The minimum atomic E-state index is 0.114. The van der Waals surface area contributed by atoms with E-state index in [-0.39, 0.29) is 5.91 Å². The van der Waals surface area contributed by atoms with Gasteiger partial charge < -0.3 is 15.4 Å². The highest BCUT2D eigenvalue weighted by molar-refractivity contribution is 5.75. The van der Waals surface area contributed by atoms with Gasteiger partial charge in [0.15, 0.2) is 0 Å². The van der Waals surface area contributed by atoms with Crippen LogP contribution in [0.4, 0.5) is 0 Å². The van der Waals surface area contributed by atoms with Crippen molar-refractivity contribution in [3.63, 3.8) is 0 Å². The first-order valence-corrected chi connectivity index (χ1v) is 8.13. The third-order valence-corrected chi connectivity index (χ3v) is 3.77. The maximum Gasteiger partial charge on any atom is 0.220 e. The molecule has 0 atom stereocenters. The number of aryl methyl sites for hydroxylation is 1. The fourth-order valence-corrected chi connectivity index (χ4v) is 2.50. The van der Waals surface area contributed by atoms with Crippen molar-refractivity contribution >= 4 is 5.91 Å². The Bertz CT molecular complexity index is 459. The number of carbonyl (C=O) groups is 1. The monoisotopic (exact) mass is 305 g/mol. The predicted molar refractivity (Wildman–Crippen MR) is 88.2 cm³/mol. The third-order valence-electron chi connectivity index (χ3n) is 3.77. The van der Waals surface area contributed by atoms with E-state index in [1.165, 1.54) is 5.56 Å². The molecule has 0 bridgehead atoms. The van der Waals surface area contributed by atoms with Crippen molar-refractivity contribution in [1.82, 2.24) is 15.5 Å². The van der Waals surface area contributed by atoms with E-state index >= 15 is 0 Å². The lowest BCUT2D eigenvalue weighted by atomic mass is 10.2. The van der Waals surface area contributed by atoms with Crippen molar-refractivity contribution < 1.29 is 9.53 Å². The summed E-state index contributed by atoms with van der Waals surface area (Å²) in [6, 6.07) is 7.97. The van der Waals surface area contributed by atoms with Gasteiger partial charge in [-0.1, -0.05) is 12.1 Å². The smallest absolute Gasteiger partial charge is 0.220 e. The van der Waals surface area contributed by atoms with Crippen LogP contribution < -0.4 is 15.4 Å². The lowest BCUT2D eigenvalue weighted by Crippen LogP contribution is -2.46. The Morgan fingerprint density at radius 1 is 1.36 bits per heavy atom. The van der Waals surface area contributed by atoms with Gasteiger partial charge in [-0.25, -0.2) is 0 Å². The number of hydrogen-bond acceptors (Lipinski definition) is 4. The number of nitrogens with zero attached hydrogens (tertiary/aromatic N) is 1. The van der Waals surface area contributed by atoms with Crippen LogP contribution in [0.15, 0.2) is 24.3 Å². The van der Waals surface area contributed by atoms with E-state index in [2.05, 4.69) is 15.5 Å². The van der Waals surface area contributed by atoms with Crippen molar-refractivity contribution in [2.24, 2.45) is 0 Å². The van der Waals surface area contributed by atoms with Crippen molar-refractivity contribution in [1.29, 1.82) is 0 Å². The molecule has 0 unspecified atom stereocenters. The fraction of sp³-hybridized carbons (Fsp3) is 0.588. The number of ether oxygens (including phenoxy) is 1. The molecule has 1 heterocycles. The molecular weight excluding hydrogens is 278 g/mol. The van der Waals surface area contributed by atoms with Gasteiger partial charge in [0, 0.05) is 45.7 Å². The topological polar surface area (TPSA) is 53.6 Å². The number of amides is 1. The average Bonchev–Trinajstić information content (AvgIpc) is 2.53. The van der Waals surface area contributed by atoms with E-state index in [1.807, 2.05) is 31.2 Å². The SMILES string of the molecule is Cc1cccc(OCCCC(=O)NCCN2CCNCC2)c1. The summed E-state index contributed by atoms with van der Waals surface area (Å²) in [6.45, 7) is 8.52. The summed E-state index contributed by atoms with van der Waals surface area (Å²) in [7, 11) is 0. The van der Waals surface area contributed by atoms with Gasteiger partial charge >= 0.3 is 0 Å². The predicted octanol–water partition coefficient (Wildman–Crippen LogP) is 1.18. The second kappa shape index (κ2) is 9.43. The Morgan fingerprint density at radius 3 is 2.95 bits per heavy atom. The highest BCUT2D eigenvalue weighted by Gasteiger charge is 2.09. The highest BCUT2D eigenvalue weighted by atomic mass is 16.5. The molecule has 1 aliphatic rings. The molecule has 1 amide bonds. The summed E-state index contributed by atoms with van der Waals surface area (Å²) in [5.41, 5.74) is 1.18. The molecule has 122 valence electrons. The van der Waals surface area contributed by atoms with Gasteiger partial charge in [-0.3, -0.25) is 9.69 Å². The molecule has 5 heteroatoms. The lowest BCUT2D eigenvalue weighted by Gasteiger charge is -2.27. The van der Waals surface area contributed by atoms with E-state index in [9.17, 15) is 4.79 Å². The van der Waals surface area contributed by atoms with Crippen LogP contribution >= 0.6 is 0 Å². The Balaban J connectivity index is 1.50. The van der Waals surface area contributed by atoms with E-state index in [0.717, 1.165) is 51.4 Å². The molecule has 5 nitrogen and oxygen atoms in total. The first-order chi connectivity index (χ1) is 10.7. The zero-order valence-electron chi connectivity index (χ0n) is 13.4. The summed E-state index contributed by atoms with van der Waals surface area (Å²) in [4.78, 5) is 14.1. The van der Waals surface area contributed by atoms with Gasteiger partial charge in [0.25, 0.3) is 0 Å². The van der Waals surface area contributed by atoms with Crippen LogP contribution in [0.3, 0.4) is 0 Å². The number of nitrogens with one attached hydrogen (secondary N) is 2. The van der Waals surface area contributed by atoms with Crippen molar-refractivity contribution in [2.45, 2.75) is 19.8 Å². The van der Waals surface area contributed by atoms with Crippen molar-refractivity contribution in [3.05, 3.63) is 29.8 Å². The second-order valence-corrected chi connectivity index (χ2v) is 5.71. The van der Waals surface area contributed by atoms with Crippen LogP contribution in [0.2, 0.25) is 0 Å². The van der Waals surface area contributed by atoms with Gasteiger partial charge in [0.05, 0.1) is 6.61 Å². The van der Waals surface area contributed by atoms with Gasteiger partial charge in [-0.2, -0.15) is 0 Å². The van der Waals surface area contributed by atoms with E-state index < -0.39 is 0 Å². The van der Waals surface area contributed by atoms with Crippen LogP contribution in [-0.2, 0) is 4.79 Å². The molecule has 22 heavy (non-hydrogen) atoms. The minimum absolute atomic E-state index is 0.114. The number of piperazine rings is 1. The van der Waals surface area contributed by atoms with Crippen LogP contribution in [0.1, 0.15) is 18.4 Å². The van der Waals surface area contributed by atoms with E-state index in [4.69, 9.17) is 4.74 Å². The molecule has 0 radical (unpaired) electrons. The molecule has 0 aliphatic carbocycles. The summed E-state index contributed by atoms with van der Waals surface area (Å²) in [6.07, 6.45) is 1.26. The number of rotatable bonds is 8. The Morgan fingerprint density at radius 2 is 2.18 bits per heavy atom. The van der Waals surface area contributed by atoms with Crippen LogP contribution in [0.25, 0.3) is 0 Å². The maximum absolute atomic E-state index is 11.8. The molecule has 1 aromatic carbocycles. The Labute approximate surface area is 133 Å². The standard InChI is InChI=1S/C17H27N3O2/c1-15-4-2-5-16(14-15)22-13-3-6-17(21)19-9-12-20-10-7-18-8-11-20/h2,4-5,14,18H,3,6-13H2,1H3,(H,19,21). The van der Waals surface area contributed by atoms with Crippen molar-refractivity contribution in [2.75, 3.05) is 45.9 Å². The lowest BCUT2D eigenvalue weighted by molar-refractivity contribution is -0.121. The molecule has 1 aliphatic heterocycles. The van der Waals surface area contributed by atoms with Gasteiger partial charge in [-0.15, -0.1) is 0 Å². The molecule has 2 N–H and O–H groups in total. The zero-order chi connectivity index (χ0) is 15.6. The maximum atomic E-state index is 11.8. The summed E-state index contributed by atoms with van der Waals surface area (Å²) >= 11 is 0. The molecule has 1 aromatic rings. The number of benzene rings is 1. The number of hydrogen-bond donors (Lipinski definition) is 2. The van der Waals surface area contributed by atoms with Gasteiger partial charge in [0.2, 0.25) is 5.91 Å². The molecule has 0 aromatic heterocycles. The Kier molecular flexibility index (Phi) is 7.19. The summed E-state index contributed by atoms with van der Waals surface area (Å²) < 4.78 is 5.64. The Hall–Kier alpha value is -1.59. The third kappa shape index (κ3) is 6.45. The molecule has 2 rings (SSSR count). The highest BCUT2D eigenvalue weighted by Crippen LogP contribution is 2.12. The molecule has 0 spiro atoms. The molecular formula is C17H27N3O2.